The maximum atomic E-state index is 13.0. The van der Waals surface area contributed by atoms with E-state index < -0.39 is 23.1 Å². The Hall–Kier alpha value is -1.49. The van der Waals surface area contributed by atoms with Gasteiger partial charge in [-0.15, -0.1) is 0 Å². The van der Waals surface area contributed by atoms with Crippen LogP contribution in [0.25, 0.3) is 0 Å². The Morgan fingerprint density at radius 2 is 2.00 bits per heavy atom. The Balaban J connectivity index is 2.61. The van der Waals surface area contributed by atoms with Gasteiger partial charge in [0.05, 0.1) is 0 Å². The van der Waals surface area contributed by atoms with Gasteiger partial charge in [0.2, 0.25) is 0 Å². The van der Waals surface area contributed by atoms with Crippen LogP contribution in [0, 0.1) is 11.6 Å². The molecule has 0 bridgehead atoms. The van der Waals surface area contributed by atoms with Gasteiger partial charge in [0, 0.05) is 0 Å². The molecule has 0 heterocycles. The van der Waals surface area contributed by atoms with Crippen molar-refractivity contribution in [2.24, 2.45) is 5.73 Å². The van der Waals surface area contributed by atoms with Crippen molar-refractivity contribution >= 4 is 5.97 Å². The monoisotopic (exact) mass is 213 g/mol. The highest BCUT2D eigenvalue weighted by atomic mass is 19.2. The van der Waals surface area contributed by atoms with E-state index in [1.54, 1.807) is 0 Å². The molecular formula is C10H9F2NO2. The number of carboxylic acid groups (broad SMARTS) is 1. The first-order valence-corrected chi connectivity index (χ1v) is 4.46. The number of carboxylic acids is 1. The quantitative estimate of drug-likeness (QED) is 0.735. The largest absolute Gasteiger partial charge is 0.480 e. The number of nitrogens with two attached hydrogens (primary N) is 1. The smallest absolute Gasteiger partial charge is 0.328 e. The van der Waals surface area contributed by atoms with E-state index in [1.807, 2.05) is 0 Å². The lowest BCUT2D eigenvalue weighted by Crippen LogP contribution is -2.42. The fourth-order valence-electron chi connectivity index (χ4n) is 1.90. The van der Waals surface area contributed by atoms with Gasteiger partial charge in [-0.25, -0.2) is 13.6 Å². The van der Waals surface area contributed by atoms with Gasteiger partial charge in [0.15, 0.2) is 11.6 Å². The summed E-state index contributed by atoms with van der Waals surface area (Å²) in [6.45, 7) is 0. The van der Waals surface area contributed by atoms with Crippen molar-refractivity contribution < 1.29 is 18.7 Å². The molecule has 5 heteroatoms. The molecule has 1 aromatic carbocycles. The highest BCUT2D eigenvalue weighted by molar-refractivity contribution is 5.82. The van der Waals surface area contributed by atoms with Crippen molar-refractivity contribution in [2.75, 3.05) is 0 Å². The molecular weight excluding hydrogens is 204 g/mol. The van der Waals surface area contributed by atoms with Crippen molar-refractivity contribution in [1.82, 2.24) is 0 Å². The number of halogens is 2. The predicted molar refractivity (Wildman–Crippen MR) is 48.2 cm³/mol. The van der Waals surface area contributed by atoms with E-state index in [-0.39, 0.29) is 12.0 Å². The standard InChI is InChI=1S/C10H9F2NO2/c11-7-3-5-1-2-10(13,9(14)15)6(5)4-8(7)12/h3-4H,1-2,13H2,(H,14,15)/t10-/m0/s1. The fraction of sp³-hybridized carbons (Fsp3) is 0.300. The van der Waals surface area contributed by atoms with Crippen LogP contribution >= 0.6 is 0 Å². The lowest BCUT2D eigenvalue weighted by Gasteiger charge is -2.19. The molecule has 0 radical (unpaired) electrons. The third-order valence-corrected chi connectivity index (χ3v) is 2.80. The minimum absolute atomic E-state index is 0.167. The summed E-state index contributed by atoms with van der Waals surface area (Å²) in [6.07, 6.45) is 0.524. The van der Waals surface area contributed by atoms with Gasteiger partial charge in [-0.2, -0.15) is 0 Å². The van der Waals surface area contributed by atoms with E-state index in [0.29, 0.717) is 12.0 Å². The summed E-state index contributed by atoms with van der Waals surface area (Å²) < 4.78 is 25.8. The molecule has 3 nitrogen and oxygen atoms in total. The summed E-state index contributed by atoms with van der Waals surface area (Å²) in [6, 6.07) is 1.90. The van der Waals surface area contributed by atoms with Crippen LogP contribution in [0.2, 0.25) is 0 Å². The van der Waals surface area contributed by atoms with Crippen molar-refractivity contribution in [3.8, 4) is 0 Å². The van der Waals surface area contributed by atoms with Crippen molar-refractivity contribution in [1.29, 1.82) is 0 Å². The molecule has 1 aromatic rings. The van der Waals surface area contributed by atoms with Crippen LogP contribution in [-0.2, 0) is 16.8 Å². The van der Waals surface area contributed by atoms with Crippen LogP contribution in [0.5, 0.6) is 0 Å². The van der Waals surface area contributed by atoms with Gasteiger partial charge in [-0.3, -0.25) is 0 Å². The lowest BCUT2D eigenvalue weighted by molar-refractivity contribution is -0.143. The summed E-state index contributed by atoms with van der Waals surface area (Å²) >= 11 is 0. The molecule has 0 aliphatic heterocycles. The van der Waals surface area contributed by atoms with E-state index in [4.69, 9.17) is 10.8 Å². The minimum atomic E-state index is -1.58. The molecule has 80 valence electrons. The Labute approximate surface area is 84.5 Å². The number of hydrogen-bond donors (Lipinski definition) is 2. The molecule has 1 aliphatic carbocycles. The first kappa shape index (κ1) is 10.0. The second-order valence-corrected chi connectivity index (χ2v) is 3.70. The van der Waals surface area contributed by atoms with E-state index in [0.717, 1.165) is 12.1 Å². The first-order chi connectivity index (χ1) is 6.95. The number of aliphatic carboxylic acids is 1. The van der Waals surface area contributed by atoms with E-state index in [9.17, 15) is 13.6 Å². The summed E-state index contributed by atoms with van der Waals surface area (Å²) in [4.78, 5) is 10.9. The minimum Gasteiger partial charge on any atom is -0.480 e. The first-order valence-electron chi connectivity index (χ1n) is 4.46. The highest BCUT2D eigenvalue weighted by Gasteiger charge is 2.42. The number of hydrogen-bond acceptors (Lipinski definition) is 2. The summed E-state index contributed by atoms with van der Waals surface area (Å²) in [5.74, 6) is -3.25. The average Bonchev–Trinajstić information content (AvgIpc) is 2.47. The van der Waals surface area contributed by atoms with Crippen LogP contribution in [0.4, 0.5) is 8.78 Å². The van der Waals surface area contributed by atoms with Crippen LogP contribution in [0.1, 0.15) is 17.5 Å². The van der Waals surface area contributed by atoms with E-state index in [1.165, 1.54) is 0 Å². The molecule has 15 heavy (non-hydrogen) atoms. The third-order valence-electron chi connectivity index (χ3n) is 2.80. The number of carbonyl (C=O) groups is 1. The predicted octanol–water partition coefficient (Wildman–Crippen LogP) is 1.15. The van der Waals surface area contributed by atoms with Crippen molar-refractivity contribution in [3.63, 3.8) is 0 Å². The zero-order chi connectivity index (χ0) is 11.2. The second kappa shape index (κ2) is 3.00. The van der Waals surface area contributed by atoms with E-state index in [2.05, 4.69) is 0 Å². The van der Waals surface area contributed by atoms with Gasteiger partial charge in [-0.05, 0) is 36.1 Å². The summed E-state index contributed by atoms with van der Waals surface area (Å²) in [5.41, 5.74) is 4.71. The van der Waals surface area contributed by atoms with Crippen LogP contribution in [-0.4, -0.2) is 11.1 Å². The van der Waals surface area contributed by atoms with Crippen molar-refractivity contribution in [2.45, 2.75) is 18.4 Å². The van der Waals surface area contributed by atoms with Gasteiger partial charge in [0.25, 0.3) is 0 Å². The normalized spacial score (nSPS) is 23.9. The Bertz CT molecular complexity index is 447. The Kier molecular flexibility index (Phi) is 2.01. The average molecular weight is 213 g/mol. The molecule has 0 saturated carbocycles. The van der Waals surface area contributed by atoms with Gasteiger partial charge in [0.1, 0.15) is 5.54 Å². The topological polar surface area (TPSA) is 63.3 Å². The number of rotatable bonds is 1. The van der Waals surface area contributed by atoms with Crippen LogP contribution in [0.3, 0.4) is 0 Å². The lowest BCUT2D eigenvalue weighted by atomic mass is 9.93. The molecule has 0 spiro atoms. The summed E-state index contributed by atoms with van der Waals surface area (Å²) in [5, 5.41) is 8.94. The molecule has 0 unspecified atom stereocenters. The molecule has 1 atom stereocenters. The van der Waals surface area contributed by atoms with Gasteiger partial charge >= 0.3 is 5.97 Å². The Morgan fingerprint density at radius 3 is 2.60 bits per heavy atom. The maximum absolute atomic E-state index is 13.0. The van der Waals surface area contributed by atoms with Gasteiger partial charge in [-0.1, -0.05) is 0 Å². The molecule has 0 aromatic heterocycles. The number of aryl methyl sites for hydroxylation is 1. The molecule has 1 aliphatic rings. The van der Waals surface area contributed by atoms with Crippen molar-refractivity contribution in [3.05, 3.63) is 34.9 Å². The molecule has 0 saturated heterocycles. The number of benzene rings is 1. The summed E-state index contributed by atoms with van der Waals surface area (Å²) in [7, 11) is 0. The van der Waals surface area contributed by atoms with Gasteiger partial charge < -0.3 is 10.8 Å². The van der Waals surface area contributed by atoms with E-state index >= 15 is 0 Å². The molecule has 0 amide bonds. The SMILES string of the molecule is N[C@@]1(C(=O)O)CCc2cc(F)c(F)cc21. The van der Waals surface area contributed by atoms with Crippen LogP contribution < -0.4 is 5.73 Å². The fourth-order valence-corrected chi connectivity index (χ4v) is 1.90. The third kappa shape index (κ3) is 1.31. The zero-order valence-corrected chi connectivity index (χ0v) is 7.76. The van der Waals surface area contributed by atoms with Crippen LogP contribution in [0.15, 0.2) is 12.1 Å². The Morgan fingerprint density at radius 1 is 1.40 bits per heavy atom. The highest BCUT2D eigenvalue weighted by Crippen LogP contribution is 2.36. The molecule has 2 rings (SSSR count). The molecule has 0 fully saturated rings. The molecule has 3 N–H and O–H groups in total. The number of fused-ring (bicyclic) bond motifs is 1. The maximum Gasteiger partial charge on any atom is 0.328 e. The second-order valence-electron chi connectivity index (χ2n) is 3.70. The zero-order valence-electron chi connectivity index (χ0n) is 7.76.